The summed E-state index contributed by atoms with van der Waals surface area (Å²) in [7, 11) is -3.40. The lowest BCUT2D eigenvalue weighted by molar-refractivity contribution is 0.285. The average molecular weight is 420 g/mol. The van der Waals surface area contributed by atoms with Crippen LogP contribution in [0.3, 0.4) is 0 Å². The highest BCUT2D eigenvalue weighted by Crippen LogP contribution is 2.33. The highest BCUT2D eigenvalue weighted by Gasteiger charge is 2.32. The van der Waals surface area contributed by atoms with Gasteiger partial charge < -0.3 is 4.42 Å². The molecule has 1 aliphatic rings. The molecule has 0 spiro atoms. The normalized spacial score (nSPS) is 17.9. The summed E-state index contributed by atoms with van der Waals surface area (Å²) in [4.78, 5) is 0. The van der Waals surface area contributed by atoms with E-state index in [1.807, 2.05) is 13.8 Å². The summed E-state index contributed by atoms with van der Waals surface area (Å²) in [6.45, 7) is 4.96. The molecule has 1 saturated heterocycles. The van der Waals surface area contributed by atoms with Gasteiger partial charge in [-0.15, -0.1) is 21.5 Å². The van der Waals surface area contributed by atoms with Gasteiger partial charge in [-0.2, -0.15) is 4.31 Å². The van der Waals surface area contributed by atoms with E-state index >= 15 is 0 Å². The minimum atomic E-state index is -3.40. The molecule has 9 heteroatoms. The Bertz CT molecular complexity index is 777. The van der Waals surface area contributed by atoms with Crippen molar-refractivity contribution >= 4 is 37.3 Å². The van der Waals surface area contributed by atoms with E-state index in [0.717, 1.165) is 3.79 Å². The van der Waals surface area contributed by atoms with Gasteiger partial charge in [0.05, 0.1) is 3.79 Å². The van der Waals surface area contributed by atoms with E-state index in [-0.39, 0.29) is 11.8 Å². The van der Waals surface area contributed by atoms with E-state index in [2.05, 4.69) is 26.1 Å². The van der Waals surface area contributed by atoms with E-state index in [0.29, 0.717) is 41.9 Å². The van der Waals surface area contributed by atoms with Crippen molar-refractivity contribution in [1.29, 1.82) is 0 Å². The maximum atomic E-state index is 12.6. The Hall–Kier alpha value is -0.770. The van der Waals surface area contributed by atoms with Crippen LogP contribution in [0, 0.1) is 0 Å². The fourth-order valence-electron chi connectivity index (χ4n) is 2.55. The van der Waals surface area contributed by atoms with Crippen LogP contribution in [0.2, 0.25) is 0 Å². The van der Waals surface area contributed by atoms with Crippen molar-refractivity contribution in [1.82, 2.24) is 14.5 Å². The zero-order valence-electron chi connectivity index (χ0n) is 12.9. The molecule has 0 unspecified atom stereocenters. The second-order valence-electron chi connectivity index (χ2n) is 5.87. The van der Waals surface area contributed by atoms with Crippen LogP contribution in [-0.4, -0.2) is 36.0 Å². The van der Waals surface area contributed by atoms with Gasteiger partial charge in [0.25, 0.3) is 10.0 Å². The first-order valence-electron chi connectivity index (χ1n) is 7.46. The summed E-state index contributed by atoms with van der Waals surface area (Å²) in [5.74, 6) is 1.61. The Labute approximate surface area is 148 Å². The number of aromatic nitrogens is 2. The number of halogens is 1. The third-order valence-electron chi connectivity index (χ3n) is 3.90. The summed E-state index contributed by atoms with van der Waals surface area (Å²) in [5.41, 5.74) is 0. The predicted octanol–water partition coefficient (Wildman–Crippen LogP) is 3.59. The molecule has 126 valence electrons. The summed E-state index contributed by atoms with van der Waals surface area (Å²) in [5, 5.41) is 8.18. The molecule has 2 aromatic rings. The van der Waals surface area contributed by atoms with E-state index in [9.17, 15) is 8.42 Å². The predicted molar refractivity (Wildman–Crippen MR) is 91.1 cm³/mol. The lowest BCUT2D eigenvalue weighted by Crippen LogP contribution is -2.37. The standard InChI is InChI=1S/C14H18BrN3O3S2/c1-9(2)13-16-17-14(21-13)10-5-7-18(8-6-10)23(19,20)12-4-3-11(15)22-12/h3-4,9-10H,5-8H2,1-2H3. The average Bonchev–Trinajstić information content (AvgIpc) is 3.16. The minimum absolute atomic E-state index is 0.136. The van der Waals surface area contributed by atoms with Crippen LogP contribution < -0.4 is 0 Å². The third-order valence-corrected chi connectivity index (χ3v) is 7.89. The molecule has 6 nitrogen and oxygen atoms in total. The number of nitrogens with zero attached hydrogens (tertiary/aromatic N) is 3. The molecule has 0 bridgehead atoms. The molecular formula is C14H18BrN3O3S2. The van der Waals surface area contributed by atoms with Gasteiger partial charge in [-0.05, 0) is 40.9 Å². The maximum Gasteiger partial charge on any atom is 0.252 e. The SMILES string of the molecule is CC(C)c1nnc(C2CCN(S(=O)(=O)c3ccc(Br)s3)CC2)o1. The fraction of sp³-hybridized carbons (Fsp3) is 0.571. The van der Waals surface area contributed by atoms with E-state index in [1.165, 1.54) is 11.3 Å². The van der Waals surface area contributed by atoms with Crippen molar-refractivity contribution in [2.24, 2.45) is 0 Å². The Kier molecular flexibility index (Phi) is 4.91. The lowest BCUT2D eigenvalue weighted by Gasteiger charge is -2.29. The van der Waals surface area contributed by atoms with Gasteiger partial charge in [-0.25, -0.2) is 8.42 Å². The summed E-state index contributed by atoms with van der Waals surface area (Å²) in [6, 6.07) is 3.40. The zero-order chi connectivity index (χ0) is 16.6. The van der Waals surface area contributed by atoms with E-state index in [1.54, 1.807) is 16.4 Å². The molecule has 23 heavy (non-hydrogen) atoms. The van der Waals surface area contributed by atoms with Crippen molar-refractivity contribution in [3.05, 3.63) is 27.7 Å². The van der Waals surface area contributed by atoms with Crippen LogP contribution in [0.25, 0.3) is 0 Å². The largest absolute Gasteiger partial charge is 0.425 e. The summed E-state index contributed by atoms with van der Waals surface area (Å²) in [6.07, 6.45) is 1.40. The second kappa shape index (κ2) is 6.62. The second-order valence-corrected chi connectivity index (χ2v) is 10.5. The molecule has 3 rings (SSSR count). The van der Waals surface area contributed by atoms with Gasteiger partial charge in [0.15, 0.2) is 0 Å². The molecule has 0 saturated carbocycles. The van der Waals surface area contributed by atoms with Gasteiger partial charge in [-0.1, -0.05) is 13.8 Å². The molecule has 0 N–H and O–H groups in total. The Balaban J connectivity index is 1.68. The molecule has 0 amide bonds. The monoisotopic (exact) mass is 419 g/mol. The molecule has 3 heterocycles. The molecule has 2 aromatic heterocycles. The van der Waals surface area contributed by atoms with Gasteiger partial charge >= 0.3 is 0 Å². The van der Waals surface area contributed by atoms with Crippen molar-refractivity contribution in [3.63, 3.8) is 0 Å². The van der Waals surface area contributed by atoms with Crippen LogP contribution in [0.15, 0.2) is 24.5 Å². The zero-order valence-corrected chi connectivity index (χ0v) is 16.1. The highest BCUT2D eigenvalue weighted by atomic mass is 79.9. The topological polar surface area (TPSA) is 76.3 Å². The molecular weight excluding hydrogens is 402 g/mol. The summed E-state index contributed by atoms with van der Waals surface area (Å²) < 4.78 is 33.6. The van der Waals surface area contributed by atoms with Crippen LogP contribution in [0.5, 0.6) is 0 Å². The van der Waals surface area contributed by atoms with E-state index < -0.39 is 10.0 Å². The first-order chi connectivity index (χ1) is 10.9. The van der Waals surface area contributed by atoms with Crippen LogP contribution in [0.1, 0.15) is 50.3 Å². The van der Waals surface area contributed by atoms with Crippen molar-refractivity contribution < 1.29 is 12.8 Å². The van der Waals surface area contributed by atoms with E-state index in [4.69, 9.17) is 4.42 Å². The molecule has 1 fully saturated rings. The van der Waals surface area contributed by atoms with Gasteiger partial charge in [-0.3, -0.25) is 0 Å². The lowest BCUT2D eigenvalue weighted by atomic mass is 9.98. The first kappa shape index (κ1) is 17.1. The Morgan fingerprint density at radius 1 is 1.30 bits per heavy atom. The number of rotatable bonds is 4. The minimum Gasteiger partial charge on any atom is -0.425 e. The number of thiophene rings is 1. The van der Waals surface area contributed by atoms with Crippen molar-refractivity contribution in [3.8, 4) is 0 Å². The number of hydrogen-bond acceptors (Lipinski definition) is 6. The highest BCUT2D eigenvalue weighted by molar-refractivity contribution is 9.11. The Morgan fingerprint density at radius 3 is 2.52 bits per heavy atom. The van der Waals surface area contributed by atoms with Gasteiger partial charge in [0.1, 0.15) is 4.21 Å². The quantitative estimate of drug-likeness (QED) is 0.756. The molecule has 0 aliphatic carbocycles. The molecule has 0 radical (unpaired) electrons. The smallest absolute Gasteiger partial charge is 0.252 e. The van der Waals surface area contributed by atoms with Crippen LogP contribution in [-0.2, 0) is 10.0 Å². The fourth-order valence-corrected chi connectivity index (χ4v) is 6.19. The number of piperidine rings is 1. The number of sulfonamides is 1. The van der Waals surface area contributed by atoms with Gasteiger partial charge in [0, 0.05) is 24.9 Å². The number of hydrogen-bond donors (Lipinski definition) is 0. The van der Waals surface area contributed by atoms with Crippen LogP contribution >= 0.6 is 27.3 Å². The van der Waals surface area contributed by atoms with Crippen molar-refractivity contribution in [2.45, 2.75) is 42.7 Å². The molecule has 1 aliphatic heterocycles. The summed E-state index contributed by atoms with van der Waals surface area (Å²) >= 11 is 4.55. The Morgan fingerprint density at radius 2 is 2.00 bits per heavy atom. The van der Waals surface area contributed by atoms with Gasteiger partial charge in [0.2, 0.25) is 11.8 Å². The maximum absolute atomic E-state index is 12.6. The van der Waals surface area contributed by atoms with Crippen molar-refractivity contribution in [2.75, 3.05) is 13.1 Å². The third kappa shape index (κ3) is 3.52. The molecule has 0 atom stereocenters. The molecule has 0 aromatic carbocycles. The first-order valence-corrected chi connectivity index (χ1v) is 10.5. The van der Waals surface area contributed by atoms with Crippen LogP contribution in [0.4, 0.5) is 0 Å².